The van der Waals surface area contributed by atoms with Gasteiger partial charge in [0, 0.05) is 11.7 Å². The topological polar surface area (TPSA) is 35.8 Å². The highest BCUT2D eigenvalue weighted by molar-refractivity contribution is 5.50. The third-order valence-corrected chi connectivity index (χ3v) is 3.62. The van der Waals surface area contributed by atoms with Crippen LogP contribution < -0.4 is 5.32 Å². The van der Waals surface area contributed by atoms with Crippen LogP contribution in [0.1, 0.15) is 31.2 Å². The highest BCUT2D eigenvalue weighted by atomic mass is 19.1. The first kappa shape index (κ1) is 10.6. The molecule has 17 heavy (non-hydrogen) atoms. The zero-order valence-electron chi connectivity index (χ0n) is 9.62. The molecule has 0 unspecified atom stereocenters. The number of hydrogen-bond acceptors (Lipinski definition) is 2. The van der Waals surface area contributed by atoms with Crippen molar-refractivity contribution in [2.24, 2.45) is 11.8 Å². The molecule has 2 aliphatic carbocycles. The van der Waals surface area contributed by atoms with Crippen molar-refractivity contribution in [2.45, 2.75) is 31.7 Å². The summed E-state index contributed by atoms with van der Waals surface area (Å²) < 4.78 is 13.3. The smallest absolute Gasteiger partial charge is 0.126 e. The van der Waals surface area contributed by atoms with Crippen molar-refractivity contribution in [1.29, 1.82) is 5.26 Å². The van der Waals surface area contributed by atoms with Gasteiger partial charge in [0.05, 0.1) is 11.6 Å². The van der Waals surface area contributed by atoms with Crippen LogP contribution in [0.4, 0.5) is 10.1 Å². The Kier molecular flexibility index (Phi) is 2.51. The molecule has 88 valence electrons. The van der Waals surface area contributed by atoms with Gasteiger partial charge in [-0.15, -0.1) is 0 Å². The van der Waals surface area contributed by atoms with Crippen LogP contribution in [-0.2, 0) is 0 Å². The molecule has 1 aromatic rings. The van der Waals surface area contributed by atoms with E-state index in [4.69, 9.17) is 5.26 Å². The molecule has 1 aromatic carbocycles. The average Bonchev–Trinajstić information content (AvgIpc) is 3.16. The maximum Gasteiger partial charge on any atom is 0.126 e. The first-order valence-corrected chi connectivity index (χ1v) is 6.23. The second kappa shape index (κ2) is 4.03. The Balaban J connectivity index is 1.78. The summed E-state index contributed by atoms with van der Waals surface area (Å²) in [6.07, 6.45) is 5.15. The van der Waals surface area contributed by atoms with Crippen LogP contribution in [0.3, 0.4) is 0 Å². The van der Waals surface area contributed by atoms with Crippen molar-refractivity contribution in [3.63, 3.8) is 0 Å². The molecular weight excluding hydrogens is 215 g/mol. The van der Waals surface area contributed by atoms with Crippen LogP contribution in [-0.4, -0.2) is 6.04 Å². The Morgan fingerprint density at radius 3 is 2.35 bits per heavy atom. The minimum Gasteiger partial charge on any atom is -0.382 e. The quantitative estimate of drug-likeness (QED) is 0.861. The molecule has 0 heterocycles. The van der Waals surface area contributed by atoms with Crippen molar-refractivity contribution in [2.75, 3.05) is 5.32 Å². The molecule has 1 N–H and O–H groups in total. The summed E-state index contributed by atoms with van der Waals surface area (Å²) in [6, 6.07) is 6.97. The van der Waals surface area contributed by atoms with Gasteiger partial charge in [0.25, 0.3) is 0 Å². The summed E-state index contributed by atoms with van der Waals surface area (Å²) in [5.41, 5.74) is 1.14. The van der Waals surface area contributed by atoms with Gasteiger partial charge in [0.15, 0.2) is 0 Å². The van der Waals surface area contributed by atoms with Crippen LogP contribution in [0.5, 0.6) is 0 Å². The molecule has 0 atom stereocenters. The van der Waals surface area contributed by atoms with E-state index < -0.39 is 0 Å². The lowest BCUT2D eigenvalue weighted by Gasteiger charge is -2.19. The van der Waals surface area contributed by atoms with Gasteiger partial charge in [0.1, 0.15) is 5.82 Å². The van der Waals surface area contributed by atoms with Gasteiger partial charge < -0.3 is 5.32 Å². The number of halogens is 1. The van der Waals surface area contributed by atoms with E-state index in [2.05, 4.69) is 5.32 Å². The Morgan fingerprint density at radius 1 is 1.18 bits per heavy atom. The van der Waals surface area contributed by atoms with Crippen LogP contribution in [0.25, 0.3) is 0 Å². The average molecular weight is 230 g/mol. The molecule has 0 radical (unpaired) electrons. The van der Waals surface area contributed by atoms with Gasteiger partial charge in [-0.05, 0) is 55.7 Å². The van der Waals surface area contributed by atoms with E-state index in [1.165, 1.54) is 37.8 Å². The summed E-state index contributed by atoms with van der Waals surface area (Å²) in [4.78, 5) is 0. The number of hydrogen-bond donors (Lipinski definition) is 1. The van der Waals surface area contributed by atoms with E-state index in [0.717, 1.165) is 17.5 Å². The molecule has 0 bridgehead atoms. The number of benzene rings is 1. The predicted molar refractivity (Wildman–Crippen MR) is 64.0 cm³/mol. The standard InChI is InChI=1S/C14H15FN2/c15-12-5-9(8-16)6-13(7-12)17-14(10-1-2-10)11-3-4-11/h5-7,10-11,14,17H,1-4H2. The number of nitrogens with zero attached hydrogens (tertiary/aromatic N) is 1. The highest BCUT2D eigenvalue weighted by Gasteiger charge is 2.41. The molecule has 2 saturated carbocycles. The van der Waals surface area contributed by atoms with Gasteiger partial charge in [-0.25, -0.2) is 4.39 Å². The molecule has 0 aromatic heterocycles. The monoisotopic (exact) mass is 230 g/mol. The highest BCUT2D eigenvalue weighted by Crippen LogP contribution is 2.45. The first-order valence-electron chi connectivity index (χ1n) is 6.23. The van der Waals surface area contributed by atoms with E-state index >= 15 is 0 Å². The minimum atomic E-state index is -0.336. The van der Waals surface area contributed by atoms with Crippen molar-refractivity contribution in [3.05, 3.63) is 29.6 Å². The normalized spacial score (nSPS) is 19.1. The van der Waals surface area contributed by atoms with Crippen molar-refractivity contribution >= 4 is 5.69 Å². The van der Waals surface area contributed by atoms with Gasteiger partial charge in [-0.2, -0.15) is 5.26 Å². The van der Waals surface area contributed by atoms with Gasteiger partial charge >= 0.3 is 0 Å². The molecule has 3 rings (SSSR count). The van der Waals surface area contributed by atoms with E-state index in [0.29, 0.717) is 11.6 Å². The van der Waals surface area contributed by atoms with Crippen LogP contribution in [0, 0.1) is 29.0 Å². The summed E-state index contributed by atoms with van der Waals surface area (Å²) in [5.74, 6) is 1.18. The summed E-state index contributed by atoms with van der Waals surface area (Å²) >= 11 is 0. The Bertz CT molecular complexity index is 458. The molecule has 0 saturated heterocycles. The minimum absolute atomic E-state index is 0.336. The molecule has 2 fully saturated rings. The second-order valence-corrected chi connectivity index (χ2v) is 5.19. The summed E-state index contributed by atoms with van der Waals surface area (Å²) in [7, 11) is 0. The lowest BCUT2D eigenvalue weighted by Crippen LogP contribution is -2.24. The zero-order valence-corrected chi connectivity index (χ0v) is 9.62. The predicted octanol–water partition coefficient (Wildman–Crippen LogP) is 3.30. The van der Waals surface area contributed by atoms with Crippen LogP contribution >= 0.6 is 0 Å². The molecular formula is C14H15FN2. The van der Waals surface area contributed by atoms with Gasteiger partial charge in [-0.1, -0.05) is 0 Å². The van der Waals surface area contributed by atoms with Crippen molar-refractivity contribution in [1.82, 2.24) is 0 Å². The summed E-state index contributed by atoms with van der Waals surface area (Å²) in [5, 5.41) is 12.2. The lowest BCUT2D eigenvalue weighted by atomic mass is 10.1. The molecule has 2 aliphatic rings. The number of nitriles is 1. The van der Waals surface area contributed by atoms with E-state index in [9.17, 15) is 4.39 Å². The third-order valence-electron chi connectivity index (χ3n) is 3.62. The molecule has 2 nitrogen and oxygen atoms in total. The fraction of sp³-hybridized carbons (Fsp3) is 0.500. The fourth-order valence-electron chi connectivity index (χ4n) is 2.46. The van der Waals surface area contributed by atoms with Crippen molar-refractivity contribution < 1.29 is 4.39 Å². The van der Waals surface area contributed by atoms with Crippen molar-refractivity contribution in [3.8, 4) is 6.07 Å². The number of anilines is 1. The third kappa shape index (κ3) is 2.41. The molecule has 0 amide bonds. The Morgan fingerprint density at radius 2 is 1.82 bits per heavy atom. The Labute approximate surface area is 100 Å². The zero-order chi connectivity index (χ0) is 11.8. The molecule has 3 heteroatoms. The second-order valence-electron chi connectivity index (χ2n) is 5.19. The first-order chi connectivity index (χ1) is 8.26. The number of nitrogens with one attached hydrogen (secondary N) is 1. The number of rotatable bonds is 4. The molecule has 0 spiro atoms. The maximum atomic E-state index is 13.3. The van der Waals surface area contributed by atoms with Gasteiger partial charge in [0.2, 0.25) is 0 Å². The van der Waals surface area contributed by atoms with Crippen LogP contribution in [0.15, 0.2) is 18.2 Å². The Hall–Kier alpha value is -1.56. The van der Waals surface area contributed by atoms with E-state index in [-0.39, 0.29) is 5.82 Å². The van der Waals surface area contributed by atoms with Gasteiger partial charge in [-0.3, -0.25) is 0 Å². The van der Waals surface area contributed by atoms with Crippen LogP contribution in [0.2, 0.25) is 0 Å². The van der Waals surface area contributed by atoms with E-state index in [1.54, 1.807) is 6.07 Å². The SMILES string of the molecule is N#Cc1cc(F)cc(NC(C2CC2)C2CC2)c1. The summed E-state index contributed by atoms with van der Waals surface area (Å²) in [6.45, 7) is 0. The largest absolute Gasteiger partial charge is 0.382 e. The van der Waals surface area contributed by atoms with E-state index in [1.807, 2.05) is 6.07 Å². The molecule has 0 aliphatic heterocycles. The fourth-order valence-corrected chi connectivity index (χ4v) is 2.46. The lowest BCUT2D eigenvalue weighted by molar-refractivity contribution is 0.566. The maximum absolute atomic E-state index is 13.3.